The number of amides is 1. The highest BCUT2D eigenvalue weighted by molar-refractivity contribution is 5.83. The molecule has 4 nitrogen and oxygen atoms in total. The zero-order valence-electron chi connectivity index (χ0n) is 9.04. The number of carbonyl (C=O) groups is 2. The van der Waals surface area contributed by atoms with E-state index in [0.717, 1.165) is 0 Å². The van der Waals surface area contributed by atoms with Gasteiger partial charge in [-0.1, -0.05) is 13.8 Å². The molecule has 0 aromatic carbocycles. The van der Waals surface area contributed by atoms with E-state index in [1.165, 1.54) is 6.92 Å². The number of aliphatic hydroxyl groups excluding tert-OH is 1. The second-order valence-corrected chi connectivity index (χ2v) is 3.82. The summed E-state index contributed by atoms with van der Waals surface area (Å²) in [5.41, 5.74) is 0. The Bertz CT molecular complexity index is 202. The fraction of sp³-hybridized carbons (Fsp3) is 0.800. The first-order valence-electron chi connectivity index (χ1n) is 4.87. The molecule has 0 saturated carbocycles. The molecular weight excluding hydrogens is 182 g/mol. The van der Waals surface area contributed by atoms with Gasteiger partial charge in [-0.2, -0.15) is 0 Å². The molecule has 0 saturated heterocycles. The molecule has 1 unspecified atom stereocenters. The van der Waals surface area contributed by atoms with Crippen molar-refractivity contribution >= 4 is 11.7 Å². The monoisotopic (exact) mass is 201 g/mol. The second-order valence-electron chi connectivity index (χ2n) is 3.82. The molecule has 0 fully saturated rings. The van der Waals surface area contributed by atoms with Gasteiger partial charge < -0.3 is 15.2 Å². The molecular formula is C10H19NO3. The molecule has 0 radical (unpaired) electrons. The SMILES string of the molecule is CC(=O)CCC(=O)NCC(O)C(C)C. The molecule has 0 aliphatic carbocycles. The molecule has 14 heavy (non-hydrogen) atoms. The maximum atomic E-state index is 11.1. The van der Waals surface area contributed by atoms with Crippen LogP contribution < -0.4 is 5.32 Å². The predicted octanol–water partition coefficient (Wildman–Crippen LogP) is 0.489. The molecule has 0 bridgehead atoms. The Labute approximate surface area is 84.7 Å². The summed E-state index contributed by atoms with van der Waals surface area (Å²) in [6.07, 6.45) is -0.0414. The van der Waals surface area contributed by atoms with Crippen molar-refractivity contribution in [3.8, 4) is 0 Å². The van der Waals surface area contributed by atoms with E-state index in [2.05, 4.69) is 5.32 Å². The largest absolute Gasteiger partial charge is 0.391 e. The molecule has 0 aliphatic heterocycles. The van der Waals surface area contributed by atoms with Crippen molar-refractivity contribution in [1.82, 2.24) is 5.32 Å². The topological polar surface area (TPSA) is 66.4 Å². The third-order valence-electron chi connectivity index (χ3n) is 1.98. The summed E-state index contributed by atoms with van der Waals surface area (Å²) in [6.45, 7) is 5.48. The van der Waals surface area contributed by atoms with Gasteiger partial charge in [0.1, 0.15) is 5.78 Å². The fourth-order valence-corrected chi connectivity index (χ4v) is 0.832. The maximum Gasteiger partial charge on any atom is 0.220 e. The van der Waals surface area contributed by atoms with Gasteiger partial charge in [0.25, 0.3) is 0 Å². The number of nitrogens with one attached hydrogen (secondary N) is 1. The number of carbonyl (C=O) groups excluding carboxylic acids is 2. The molecule has 0 aromatic heterocycles. The zero-order valence-corrected chi connectivity index (χ0v) is 9.04. The summed E-state index contributed by atoms with van der Waals surface area (Å²) in [7, 11) is 0. The van der Waals surface area contributed by atoms with Crippen molar-refractivity contribution in [1.29, 1.82) is 0 Å². The second kappa shape index (κ2) is 6.54. The van der Waals surface area contributed by atoms with Crippen LogP contribution in [0.1, 0.15) is 33.6 Å². The number of ketones is 1. The Balaban J connectivity index is 3.58. The molecule has 0 rings (SSSR count). The number of Topliss-reactive ketones (excluding diaryl/α,β-unsaturated/α-hetero) is 1. The number of rotatable bonds is 6. The van der Waals surface area contributed by atoms with Crippen LogP contribution >= 0.6 is 0 Å². The van der Waals surface area contributed by atoms with Crippen LogP contribution in [0.4, 0.5) is 0 Å². The van der Waals surface area contributed by atoms with Crippen LogP contribution in [0.2, 0.25) is 0 Å². The molecule has 1 amide bonds. The van der Waals surface area contributed by atoms with E-state index in [9.17, 15) is 14.7 Å². The van der Waals surface area contributed by atoms with Gasteiger partial charge in [-0.15, -0.1) is 0 Å². The molecule has 4 heteroatoms. The first-order chi connectivity index (χ1) is 6.43. The van der Waals surface area contributed by atoms with Gasteiger partial charge in [-0.05, 0) is 12.8 Å². The average Bonchev–Trinajstić information content (AvgIpc) is 2.10. The highest BCUT2D eigenvalue weighted by atomic mass is 16.3. The molecule has 0 aromatic rings. The average molecular weight is 201 g/mol. The standard InChI is InChI=1S/C10H19NO3/c1-7(2)9(13)6-11-10(14)5-4-8(3)12/h7,9,13H,4-6H2,1-3H3,(H,11,14). The van der Waals surface area contributed by atoms with Crippen molar-refractivity contribution in [2.45, 2.75) is 39.7 Å². The number of aliphatic hydroxyl groups is 1. The molecule has 82 valence electrons. The van der Waals surface area contributed by atoms with Crippen LogP contribution in [0.5, 0.6) is 0 Å². The quantitative estimate of drug-likeness (QED) is 0.657. The van der Waals surface area contributed by atoms with Gasteiger partial charge in [0.15, 0.2) is 0 Å². The molecule has 0 spiro atoms. The molecule has 1 atom stereocenters. The van der Waals surface area contributed by atoms with E-state index in [4.69, 9.17) is 0 Å². The number of hydrogen-bond donors (Lipinski definition) is 2. The maximum absolute atomic E-state index is 11.1. The van der Waals surface area contributed by atoms with Crippen molar-refractivity contribution in [2.24, 2.45) is 5.92 Å². The molecule has 2 N–H and O–H groups in total. The zero-order chi connectivity index (χ0) is 11.1. The van der Waals surface area contributed by atoms with Crippen LogP contribution in [0, 0.1) is 5.92 Å². The van der Waals surface area contributed by atoms with E-state index >= 15 is 0 Å². The normalized spacial score (nSPS) is 12.6. The van der Waals surface area contributed by atoms with Gasteiger partial charge in [0.2, 0.25) is 5.91 Å². The van der Waals surface area contributed by atoms with Gasteiger partial charge in [0, 0.05) is 19.4 Å². The highest BCUT2D eigenvalue weighted by Crippen LogP contribution is 1.99. The van der Waals surface area contributed by atoms with E-state index in [-0.39, 0.29) is 37.0 Å². The minimum Gasteiger partial charge on any atom is -0.391 e. The van der Waals surface area contributed by atoms with Crippen molar-refractivity contribution < 1.29 is 14.7 Å². The van der Waals surface area contributed by atoms with Crippen molar-refractivity contribution in [3.05, 3.63) is 0 Å². The summed E-state index contributed by atoms with van der Waals surface area (Å²) in [5, 5.41) is 11.9. The van der Waals surface area contributed by atoms with Crippen LogP contribution in [0.3, 0.4) is 0 Å². The Morgan fingerprint density at radius 1 is 1.29 bits per heavy atom. The van der Waals surface area contributed by atoms with Gasteiger partial charge >= 0.3 is 0 Å². The van der Waals surface area contributed by atoms with Gasteiger partial charge in [0.05, 0.1) is 6.10 Å². The van der Waals surface area contributed by atoms with Gasteiger partial charge in [-0.25, -0.2) is 0 Å². The lowest BCUT2D eigenvalue weighted by atomic mass is 10.1. The highest BCUT2D eigenvalue weighted by Gasteiger charge is 2.10. The van der Waals surface area contributed by atoms with Gasteiger partial charge in [-0.3, -0.25) is 4.79 Å². The lowest BCUT2D eigenvalue weighted by molar-refractivity contribution is -0.125. The van der Waals surface area contributed by atoms with Crippen LogP contribution in [0.15, 0.2) is 0 Å². The smallest absolute Gasteiger partial charge is 0.220 e. The van der Waals surface area contributed by atoms with E-state index in [0.29, 0.717) is 0 Å². The molecule has 0 heterocycles. The van der Waals surface area contributed by atoms with Crippen molar-refractivity contribution in [3.63, 3.8) is 0 Å². The van der Waals surface area contributed by atoms with Crippen LogP contribution in [-0.4, -0.2) is 29.4 Å². The first-order valence-corrected chi connectivity index (χ1v) is 4.87. The Hall–Kier alpha value is -0.900. The minimum atomic E-state index is -0.517. The van der Waals surface area contributed by atoms with Crippen molar-refractivity contribution in [2.75, 3.05) is 6.54 Å². The van der Waals surface area contributed by atoms with E-state index in [1.54, 1.807) is 0 Å². The molecule has 0 aliphatic rings. The Morgan fingerprint density at radius 3 is 2.29 bits per heavy atom. The van der Waals surface area contributed by atoms with Crippen LogP contribution in [0.25, 0.3) is 0 Å². The summed E-state index contributed by atoms with van der Waals surface area (Å²) in [5.74, 6) is -0.0486. The Kier molecular flexibility index (Phi) is 6.12. The third-order valence-corrected chi connectivity index (χ3v) is 1.98. The van der Waals surface area contributed by atoms with E-state index < -0.39 is 6.10 Å². The summed E-state index contributed by atoms with van der Waals surface area (Å²) in [6, 6.07) is 0. The first kappa shape index (κ1) is 13.1. The third kappa shape index (κ3) is 6.60. The fourth-order valence-electron chi connectivity index (χ4n) is 0.832. The summed E-state index contributed by atoms with van der Waals surface area (Å²) in [4.78, 5) is 21.7. The summed E-state index contributed by atoms with van der Waals surface area (Å²) < 4.78 is 0. The Morgan fingerprint density at radius 2 is 1.86 bits per heavy atom. The minimum absolute atomic E-state index is 0.00422. The lowest BCUT2D eigenvalue weighted by Gasteiger charge is -2.14. The van der Waals surface area contributed by atoms with Crippen LogP contribution in [-0.2, 0) is 9.59 Å². The lowest BCUT2D eigenvalue weighted by Crippen LogP contribution is -2.34. The van der Waals surface area contributed by atoms with E-state index in [1.807, 2.05) is 13.8 Å². The number of hydrogen-bond acceptors (Lipinski definition) is 3. The summed E-state index contributed by atoms with van der Waals surface area (Å²) >= 11 is 0. The predicted molar refractivity (Wildman–Crippen MR) is 53.8 cm³/mol.